The Kier molecular flexibility index (Phi) is 4.20. The first-order valence-corrected chi connectivity index (χ1v) is 5.43. The monoisotopic (exact) mass is 199 g/mol. The summed E-state index contributed by atoms with van der Waals surface area (Å²) in [4.78, 5) is 2.35. The average Bonchev–Trinajstić information content (AvgIpc) is 2.21. The predicted octanol–water partition coefficient (Wildman–Crippen LogP) is 1.39. The molecular formula is C10H21N3O. The smallest absolute Gasteiger partial charge is 0.156 e. The number of nitrogens with two attached hydrogens (primary N) is 1. The predicted molar refractivity (Wildman–Crippen MR) is 57.5 cm³/mol. The Morgan fingerprint density at radius 1 is 1.64 bits per heavy atom. The van der Waals surface area contributed by atoms with Crippen molar-refractivity contribution in [2.45, 2.75) is 51.6 Å². The van der Waals surface area contributed by atoms with Gasteiger partial charge in [-0.15, -0.1) is 0 Å². The molecule has 1 rings (SSSR count). The van der Waals surface area contributed by atoms with Crippen LogP contribution >= 0.6 is 0 Å². The third kappa shape index (κ3) is 2.38. The second-order valence-electron chi connectivity index (χ2n) is 4.03. The van der Waals surface area contributed by atoms with E-state index in [1.54, 1.807) is 0 Å². The molecule has 0 aromatic heterocycles. The molecule has 4 heteroatoms. The van der Waals surface area contributed by atoms with E-state index in [-0.39, 0.29) is 6.04 Å². The van der Waals surface area contributed by atoms with Crippen molar-refractivity contribution in [1.29, 1.82) is 0 Å². The average molecular weight is 199 g/mol. The highest BCUT2D eigenvalue weighted by Gasteiger charge is 2.27. The summed E-state index contributed by atoms with van der Waals surface area (Å²) in [6.45, 7) is 5.35. The molecule has 1 fully saturated rings. The van der Waals surface area contributed by atoms with Gasteiger partial charge in [-0.25, -0.2) is 0 Å². The first-order valence-electron chi connectivity index (χ1n) is 5.43. The number of hydrogen-bond acceptors (Lipinski definition) is 3. The Hall–Kier alpha value is -0.770. The Labute approximate surface area is 85.8 Å². The molecule has 0 amide bonds. The van der Waals surface area contributed by atoms with E-state index in [2.05, 4.69) is 23.9 Å². The molecule has 14 heavy (non-hydrogen) atoms. The van der Waals surface area contributed by atoms with E-state index in [0.717, 1.165) is 13.0 Å². The first kappa shape index (κ1) is 11.3. The van der Waals surface area contributed by atoms with Gasteiger partial charge < -0.3 is 10.9 Å². The van der Waals surface area contributed by atoms with Crippen molar-refractivity contribution in [2.75, 3.05) is 6.54 Å². The van der Waals surface area contributed by atoms with Gasteiger partial charge >= 0.3 is 0 Å². The summed E-state index contributed by atoms with van der Waals surface area (Å²) in [5, 5.41) is 11.8. The molecule has 1 aliphatic heterocycles. The maximum Gasteiger partial charge on any atom is 0.156 e. The molecule has 0 bridgehead atoms. The number of rotatable bonds is 3. The van der Waals surface area contributed by atoms with Crippen LogP contribution in [0.2, 0.25) is 0 Å². The standard InChI is InChI=1S/C10H21N3O/c1-3-9(10(11)12-14)13-7-5-4-6-8(13)2/h8-9,14H,3-7H2,1-2H3,(H2,11,12). The van der Waals surface area contributed by atoms with Gasteiger partial charge in [-0.2, -0.15) is 0 Å². The van der Waals surface area contributed by atoms with Gasteiger partial charge in [0.1, 0.15) is 0 Å². The van der Waals surface area contributed by atoms with Crippen molar-refractivity contribution in [1.82, 2.24) is 4.90 Å². The van der Waals surface area contributed by atoms with Crippen LogP contribution in [0.1, 0.15) is 39.5 Å². The Bertz CT molecular complexity index is 206. The number of piperidine rings is 1. The van der Waals surface area contributed by atoms with Crippen molar-refractivity contribution in [3.8, 4) is 0 Å². The lowest BCUT2D eigenvalue weighted by atomic mass is 9.99. The largest absolute Gasteiger partial charge is 0.409 e. The molecule has 1 heterocycles. The molecule has 0 radical (unpaired) electrons. The molecule has 2 unspecified atom stereocenters. The summed E-state index contributed by atoms with van der Waals surface area (Å²) >= 11 is 0. The highest BCUT2D eigenvalue weighted by atomic mass is 16.4. The molecular weight excluding hydrogens is 178 g/mol. The zero-order valence-corrected chi connectivity index (χ0v) is 9.11. The van der Waals surface area contributed by atoms with Crippen LogP contribution in [0, 0.1) is 0 Å². The van der Waals surface area contributed by atoms with Gasteiger partial charge in [0, 0.05) is 6.04 Å². The number of likely N-dealkylation sites (tertiary alicyclic amines) is 1. The zero-order chi connectivity index (χ0) is 10.6. The number of nitrogens with zero attached hydrogens (tertiary/aromatic N) is 2. The van der Waals surface area contributed by atoms with E-state index in [9.17, 15) is 0 Å². The van der Waals surface area contributed by atoms with Crippen molar-refractivity contribution >= 4 is 5.84 Å². The Morgan fingerprint density at radius 2 is 2.36 bits per heavy atom. The fraction of sp³-hybridized carbons (Fsp3) is 0.900. The molecule has 0 aromatic carbocycles. The summed E-state index contributed by atoms with van der Waals surface area (Å²) in [5.41, 5.74) is 5.68. The third-order valence-electron chi connectivity index (χ3n) is 3.10. The van der Waals surface area contributed by atoms with Crippen LogP contribution in [0.3, 0.4) is 0 Å². The van der Waals surface area contributed by atoms with Crippen molar-refractivity contribution in [2.24, 2.45) is 10.9 Å². The second-order valence-corrected chi connectivity index (χ2v) is 4.03. The highest BCUT2D eigenvalue weighted by molar-refractivity contribution is 5.85. The molecule has 0 saturated carbocycles. The molecule has 0 aromatic rings. The van der Waals surface area contributed by atoms with Gasteiger partial charge in [0.15, 0.2) is 5.84 Å². The fourth-order valence-corrected chi connectivity index (χ4v) is 2.26. The minimum absolute atomic E-state index is 0.107. The summed E-state index contributed by atoms with van der Waals surface area (Å²) in [6, 6.07) is 0.657. The second kappa shape index (κ2) is 5.20. The van der Waals surface area contributed by atoms with Crippen molar-refractivity contribution < 1.29 is 5.21 Å². The van der Waals surface area contributed by atoms with Crippen LogP contribution in [0.25, 0.3) is 0 Å². The minimum Gasteiger partial charge on any atom is -0.409 e. The van der Waals surface area contributed by atoms with E-state index < -0.39 is 0 Å². The molecule has 1 saturated heterocycles. The van der Waals surface area contributed by atoms with Gasteiger partial charge in [0.05, 0.1) is 6.04 Å². The topological polar surface area (TPSA) is 61.9 Å². The molecule has 2 atom stereocenters. The van der Waals surface area contributed by atoms with E-state index in [1.165, 1.54) is 19.3 Å². The van der Waals surface area contributed by atoms with Crippen LogP contribution < -0.4 is 5.73 Å². The van der Waals surface area contributed by atoms with Gasteiger partial charge in [-0.3, -0.25) is 4.90 Å². The van der Waals surface area contributed by atoms with Crippen LogP contribution in [-0.4, -0.2) is 34.6 Å². The molecule has 0 aliphatic carbocycles. The lowest BCUT2D eigenvalue weighted by molar-refractivity contribution is 0.132. The molecule has 0 spiro atoms. The van der Waals surface area contributed by atoms with E-state index in [4.69, 9.17) is 10.9 Å². The molecule has 4 nitrogen and oxygen atoms in total. The summed E-state index contributed by atoms with van der Waals surface area (Å²) in [5.74, 6) is 0.348. The van der Waals surface area contributed by atoms with Gasteiger partial charge in [-0.05, 0) is 32.7 Å². The number of amidine groups is 1. The molecule has 82 valence electrons. The SMILES string of the molecule is CCC(C(N)=NO)N1CCCCC1C. The zero-order valence-electron chi connectivity index (χ0n) is 9.11. The van der Waals surface area contributed by atoms with Crippen molar-refractivity contribution in [3.05, 3.63) is 0 Å². The Morgan fingerprint density at radius 3 is 2.86 bits per heavy atom. The number of oxime groups is 1. The van der Waals surface area contributed by atoms with Gasteiger partial charge in [-0.1, -0.05) is 18.5 Å². The molecule has 3 N–H and O–H groups in total. The van der Waals surface area contributed by atoms with E-state index in [0.29, 0.717) is 11.9 Å². The molecule has 1 aliphatic rings. The third-order valence-corrected chi connectivity index (χ3v) is 3.10. The normalized spacial score (nSPS) is 27.6. The summed E-state index contributed by atoms with van der Waals surface area (Å²) in [7, 11) is 0. The first-order chi connectivity index (χ1) is 6.70. The van der Waals surface area contributed by atoms with E-state index in [1.807, 2.05) is 0 Å². The lowest BCUT2D eigenvalue weighted by Crippen LogP contribution is -2.50. The van der Waals surface area contributed by atoms with Gasteiger partial charge in [0.2, 0.25) is 0 Å². The lowest BCUT2D eigenvalue weighted by Gasteiger charge is -2.38. The van der Waals surface area contributed by atoms with Crippen molar-refractivity contribution in [3.63, 3.8) is 0 Å². The van der Waals surface area contributed by atoms with Crippen LogP contribution in [0.15, 0.2) is 5.16 Å². The summed E-state index contributed by atoms with van der Waals surface area (Å²) in [6.07, 6.45) is 4.64. The maximum absolute atomic E-state index is 8.69. The minimum atomic E-state index is 0.107. The quantitative estimate of drug-likeness (QED) is 0.312. The maximum atomic E-state index is 8.69. The summed E-state index contributed by atoms with van der Waals surface area (Å²) < 4.78 is 0. The Balaban J connectivity index is 2.67. The fourth-order valence-electron chi connectivity index (χ4n) is 2.26. The highest BCUT2D eigenvalue weighted by Crippen LogP contribution is 2.20. The number of hydrogen-bond donors (Lipinski definition) is 2. The van der Waals surface area contributed by atoms with Crippen LogP contribution in [-0.2, 0) is 0 Å². The van der Waals surface area contributed by atoms with Crippen LogP contribution in [0.5, 0.6) is 0 Å². The van der Waals surface area contributed by atoms with Crippen LogP contribution in [0.4, 0.5) is 0 Å². The van der Waals surface area contributed by atoms with Gasteiger partial charge in [0.25, 0.3) is 0 Å². The van der Waals surface area contributed by atoms with E-state index >= 15 is 0 Å².